The van der Waals surface area contributed by atoms with Gasteiger partial charge in [0.25, 0.3) is 0 Å². The Morgan fingerprint density at radius 1 is 1.11 bits per heavy atom. The van der Waals surface area contributed by atoms with Crippen molar-refractivity contribution >= 4 is 22.5 Å². The number of hydrogen-bond acceptors (Lipinski definition) is 1. The van der Waals surface area contributed by atoms with Gasteiger partial charge in [-0.25, -0.2) is 9.37 Å². The van der Waals surface area contributed by atoms with Gasteiger partial charge in [0.15, 0.2) is 0 Å². The van der Waals surface area contributed by atoms with Crippen LogP contribution in [0, 0.1) is 19.7 Å². The van der Waals surface area contributed by atoms with Gasteiger partial charge in [0.2, 0.25) is 0 Å². The highest BCUT2D eigenvalue weighted by molar-refractivity contribution is 6.36. The third-order valence-electron chi connectivity index (χ3n) is 2.78. The Hall–Kier alpha value is -1.36. The van der Waals surface area contributed by atoms with Crippen LogP contribution in [-0.4, -0.2) is 4.98 Å². The lowest BCUT2D eigenvalue weighted by atomic mass is 10.1. The van der Waals surface area contributed by atoms with Crippen molar-refractivity contribution in [1.82, 2.24) is 4.98 Å². The zero-order valence-corrected chi connectivity index (χ0v) is 10.2. The SMILES string of the molecule is Cc1c(C(F)(F)F)nc2c(C)c(F)ccc2c1Cl. The molecule has 1 aromatic heterocycles. The number of aryl methyl sites for hydroxylation is 1. The molecule has 2 rings (SSSR count). The molecule has 0 spiro atoms. The van der Waals surface area contributed by atoms with E-state index in [0.29, 0.717) is 5.39 Å². The summed E-state index contributed by atoms with van der Waals surface area (Å²) in [6, 6.07) is 2.50. The zero-order chi connectivity index (χ0) is 13.7. The highest BCUT2D eigenvalue weighted by Gasteiger charge is 2.36. The van der Waals surface area contributed by atoms with Crippen molar-refractivity contribution in [2.24, 2.45) is 0 Å². The monoisotopic (exact) mass is 277 g/mol. The predicted molar refractivity (Wildman–Crippen MR) is 61.2 cm³/mol. The summed E-state index contributed by atoms with van der Waals surface area (Å²) in [4.78, 5) is 3.52. The van der Waals surface area contributed by atoms with E-state index in [9.17, 15) is 17.6 Å². The molecule has 1 heterocycles. The summed E-state index contributed by atoms with van der Waals surface area (Å²) in [5.74, 6) is -0.608. The van der Waals surface area contributed by atoms with Crippen LogP contribution in [-0.2, 0) is 6.18 Å². The van der Waals surface area contributed by atoms with Crippen LogP contribution in [0.2, 0.25) is 5.02 Å². The molecule has 96 valence electrons. The van der Waals surface area contributed by atoms with Gasteiger partial charge < -0.3 is 0 Å². The standard InChI is InChI=1S/C12H8ClF4N/c1-5-8(14)4-3-7-9(13)6(2)11(12(15,16)17)18-10(5)7/h3-4H,1-2H3. The Morgan fingerprint density at radius 2 is 1.72 bits per heavy atom. The Balaban J connectivity index is 2.94. The van der Waals surface area contributed by atoms with Gasteiger partial charge in [0.05, 0.1) is 10.5 Å². The lowest BCUT2D eigenvalue weighted by Crippen LogP contribution is -2.11. The Bertz CT molecular complexity index is 634. The van der Waals surface area contributed by atoms with Crippen LogP contribution in [0.15, 0.2) is 12.1 Å². The van der Waals surface area contributed by atoms with Crippen molar-refractivity contribution in [3.63, 3.8) is 0 Å². The predicted octanol–water partition coefficient (Wildman–Crippen LogP) is 4.66. The molecule has 0 saturated heterocycles. The molecule has 6 heteroatoms. The molecule has 0 bridgehead atoms. The van der Waals surface area contributed by atoms with Crippen LogP contribution in [0.5, 0.6) is 0 Å². The van der Waals surface area contributed by atoms with Crippen molar-refractivity contribution in [3.8, 4) is 0 Å². The summed E-state index contributed by atoms with van der Waals surface area (Å²) in [5, 5.41) is 0.275. The molecule has 1 aromatic carbocycles. The highest BCUT2D eigenvalue weighted by Crippen LogP contribution is 2.37. The molecule has 2 aromatic rings. The number of rotatable bonds is 0. The van der Waals surface area contributed by atoms with E-state index in [1.54, 1.807) is 0 Å². The second-order valence-electron chi connectivity index (χ2n) is 3.97. The van der Waals surface area contributed by atoms with E-state index in [4.69, 9.17) is 11.6 Å². The fourth-order valence-electron chi connectivity index (χ4n) is 1.77. The van der Waals surface area contributed by atoms with Crippen LogP contribution in [0.4, 0.5) is 17.6 Å². The average molecular weight is 278 g/mol. The summed E-state index contributed by atoms with van der Waals surface area (Å²) < 4.78 is 51.7. The Kier molecular flexibility index (Phi) is 2.97. The minimum atomic E-state index is -4.61. The molecule has 0 N–H and O–H groups in total. The van der Waals surface area contributed by atoms with E-state index in [2.05, 4.69) is 4.98 Å². The third-order valence-corrected chi connectivity index (χ3v) is 3.26. The minimum absolute atomic E-state index is 0.0459. The van der Waals surface area contributed by atoms with Crippen LogP contribution in [0.25, 0.3) is 10.9 Å². The highest BCUT2D eigenvalue weighted by atomic mass is 35.5. The molecule has 0 aliphatic rings. The smallest absolute Gasteiger partial charge is 0.243 e. The summed E-state index contributed by atoms with van der Waals surface area (Å²) in [6.45, 7) is 2.62. The number of pyridine rings is 1. The molecular formula is C12H8ClF4N. The lowest BCUT2D eigenvalue weighted by molar-refractivity contribution is -0.141. The first-order chi connectivity index (χ1) is 8.23. The van der Waals surface area contributed by atoms with E-state index in [1.807, 2.05) is 0 Å². The Morgan fingerprint density at radius 3 is 2.28 bits per heavy atom. The normalized spacial score (nSPS) is 12.2. The van der Waals surface area contributed by atoms with Crippen LogP contribution in [0.1, 0.15) is 16.8 Å². The van der Waals surface area contributed by atoms with Gasteiger partial charge in [-0.2, -0.15) is 13.2 Å². The van der Waals surface area contributed by atoms with Gasteiger partial charge in [-0.1, -0.05) is 11.6 Å². The molecule has 0 aliphatic carbocycles. The Labute approximate surface area is 105 Å². The molecule has 0 radical (unpaired) electrons. The summed E-state index contributed by atoms with van der Waals surface area (Å²) in [5.41, 5.74) is -1.23. The number of hydrogen-bond donors (Lipinski definition) is 0. The molecule has 0 atom stereocenters. The summed E-state index contributed by atoms with van der Waals surface area (Å²) in [6.07, 6.45) is -4.61. The van der Waals surface area contributed by atoms with Crippen molar-refractivity contribution in [2.75, 3.05) is 0 Å². The molecule has 0 aliphatic heterocycles. The van der Waals surface area contributed by atoms with E-state index in [0.717, 1.165) is 6.07 Å². The second kappa shape index (κ2) is 4.09. The number of benzene rings is 1. The molecule has 1 nitrogen and oxygen atoms in total. The van der Waals surface area contributed by atoms with Crippen molar-refractivity contribution in [3.05, 3.63) is 39.8 Å². The number of fused-ring (bicyclic) bond motifs is 1. The van der Waals surface area contributed by atoms with E-state index in [1.165, 1.54) is 19.9 Å². The van der Waals surface area contributed by atoms with E-state index in [-0.39, 0.29) is 21.7 Å². The topological polar surface area (TPSA) is 12.9 Å². The van der Waals surface area contributed by atoms with Crippen molar-refractivity contribution in [2.45, 2.75) is 20.0 Å². The molecule has 0 unspecified atom stereocenters. The molecule has 0 amide bonds. The summed E-state index contributed by atoms with van der Waals surface area (Å²) in [7, 11) is 0. The maximum atomic E-state index is 13.3. The van der Waals surface area contributed by atoms with Crippen molar-refractivity contribution in [1.29, 1.82) is 0 Å². The quantitative estimate of drug-likeness (QED) is 0.638. The summed E-state index contributed by atoms with van der Waals surface area (Å²) >= 11 is 5.90. The van der Waals surface area contributed by atoms with E-state index < -0.39 is 17.7 Å². The van der Waals surface area contributed by atoms with Gasteiger partial charge >= 0.3 is 6.18 Å². The number of alkyl halides is 3. The molecule has 0 fully saturated rings. The van der Waals surface area contributed by atoms with Crippen LogP contribution in [0.3, 0.4) is 0 Å². The first-order valence-corrected chi connectivity index (χ1v) is 5.43. The number of nitrogens with zero attached hydrogens (tertiary/aromatic N) is 1. The second-order valence-corrected chi connectivity index (χ2v) is 4.34. The van der Waals surface area contributed by atoms with Gasteiger partial charge in [0, 0.05) is 10.9 Å². The maximum absolute atomic E-state index is 13.3. The van der Waals surface area contributed by atoms with E-state index >= 15 is 0 Å². The lowest BCUT2D eigenvalue weighted by Gasteiger charge is -2.14. The molecular weight excluding hydrogens is 270 g/mol. The van der Waals surface area contributed by atoms with Crippen molar-refractivity contribution < 1.29 is 17.6 Å². The number of halogens is 5. The average Bonchev–Trinajstić information content (AvgIpc) is 2.26. The fraction of sp³-hybridized carbons (Fsp3) is 0.250. The van der Waals surface area contributed by atoms with Gasteiger partial charge in [-0.3, -0.25) is 0 Å². The van der Waals surface area contributed by atoms with Gasteiger partial charge in [-0.15, -0.1) is 0 Å². The first-order valence-electron chi connectivity index (χ1n) is 5.05. The first kappa shape index (κ1) is 13.1. The fourth-order valence-corrected chi connectivity index (χ4v) is 2.02. The number of aromatic nitrogens is 1. The zero-order valence-electron chi connectivity index (χ0n) is 9.49. The molecule has 0 saturated carbocycles. The minimum Gasteiger partial charge on any atom is -0.243 e. The van der Waals surface area contributed by atoms with Crippen LogP contribution < -0.4 is 0 Å². The van der Waals surface area contributed by atoms with Gasteiger partial charge in [0.1, 0.15) is 11.5 Å². The third kappa shape index (κ3) is 1.92. The molecule has 18 heavy (non-hydrogen) atoms. The maximum Gasteiger partial charge on any atom is 0.433 e. The largest absolute Gasteiger partial charge is 0.433 e. The van der Waals surface area contributed by atoms with Gasteiger partial charge in [-0.05, 0) is 31.5 Å². The van der Waals surface area contributed by atoms with Crippen LogP contribution >= 0.6 is 11.6 Å².